The molecule has 1 aliphatic heterocycles. The molecule has 1 fully saturated rings. The normalized spacial score (nSPS) is 16.7. The molecular weight excluding hydrogens is 322 g/mol. The molecule has 1 aromatic heterocycles. The van der Waals surface area contributed by atoms with E-state index in [4.69, 9.17) is 4.52 Å². The molecule has 0 spiro atoms. The topological polar surface area (TPSA) is 91.6 Å². The molecule has 2 aromatic rings. The average molecular weight is 343 g/mol. The van der Waals surface area contributed by atoms with Gasteiger partial charge in [0.2, 0.25) is 11.8 Å². The Morgan fingerprint density at radius 3 is 2.76 bits per heavy atom. The van der Waals surface area contributed by atoms with Crippen LogP contribution in [0.2, 0.25) is 0 Å². The van der Waals surface area contributed by atoms with E-state index in [1.54, 1.807) is 36.0 Å². The number of nitrogens with zero attached hydrogens (tertiary/aromatic N) is 4. The van der Waals surface area contributed by atoms with Crippen LogP contribution < -0.4 is 10.2 Å². The van der Waals surface area contributed by atoms with Crippen LogP contribution in [0, 0.1) is 0 Å². The quantitative estimate of drug-likeness (QED) is 0.873. The SMILES string of the molecule is CN(C)c1noc(CNC(=O)[C@H]2CCCN2C(=O)c2ccccc2)n1. The van der Waals surface area contributed by atoms with Crippen molar-refractivity contribution in [2.24, 2.45) is 0 Å². The summed E-state index contributed by atoms with van der Waals surface area (Å²) in [6.07, 6.45) is 1.46. The molecule has 1 N–H and O–H groups in total. The van der Waals surface area contributed by atoms with Crippen LogP contribution >= 0.6 is 0 Å². The van der Waals surface area contributed by atoms with Crippen molar-refractivity contribution in [1.82, 2.24) is 20.4 Å². The van der Waals surface area contributed by atoms with Crippen LogP contribution in [0.5, 0.6) is 0 Å². The first-order chi connectivity index (χ1) is 12.1. The number of carbonyl (C=O) groups excluding carboxylic acids is 2. The van der Waals surface area contributed by atoms with Gasteiger partial charge in [-0.1, -0.05) is 18.2 Å². The zero-order valence-corrected chi connectivity index (χ0v) is 14.3. The van der Waals surface area contributed by atoms with Crippen molar-refractivity contribution in [3.05, 3.63) is 41.8 Å². The minimum Gasteiger partial charge on any atom is -0.345 e. The summed E-state index contributed by atoms with van der Waals surface area (Å²) >= 11 is 0. The van der Waals surface area contributed by atoms with Gasteiger partial charge in [0.25, 0.3) is 11.9 Å². The van der Waals surface area contributed by atoms with Crippen molar-refractivity contribution in [3.8, 4) is 0 Å². The smallest absolute Gasteiger partial charge is 0.265 e. The van der Waals surface area contributed by atoms with Crippen LogP contribution in [0.3, 0.4) is 0 Å². The summed E-state index contributed by atoms with van der Waals surface area (Å²) < 4.78 is 5.08. The van der Waals surface area contributed by atoms with Crippen molar-refractivity contribution < 1.29 is 14.1 Å². The predicted octanol–water partition coefficient (Wildman–Crippen LogP) is 1.06. The maximum Gasteiger partial charge on any atom is 0.265 e. The number of nitrogens with one attached hydrogen (secondary N) is 1. The van der Waals surface area contributed by atoms with Crippen LogP contribution in [0.25, 0.3) is 0 Å². The Kier molecular flexibility index (Phi) is 4.97. The fourth-order valence-electron chi connectivity index (χ4n) is 2.81. The monoisotopic (exact) mass is 343 g/mol. The largest absolute Gasteiger partial charge is 0.345 e. The third-order valence-electron chi connectivity index (χ3n) is 4.11. The fourth-order valence-corrected chi connectivity index (χ4v) is 2.81. The molecule has 8 nitrogen and oxygen atoms in total. The highest BCUT2D eigenvalue weighted by atomic mass is 16.5. The molecule has 0 aliphatic carbocycles. The lowest BCUT2D eigenvalue weighted by molar-refractivity contribution is -0.125. The third-order valence-corrected chi connectivity index (χ3v) is 4.11. The number of hydrogen-bond donors (Lipinski definition) is 1. The van der Waals surface area contributed by atoms with Crippen LogP contribution in [0.1, 0.15) is 29.1 Å². The lowest BCUT2D eigenvalue weighted by Gasteiger charge is -2.23. The second-order valence-electron chi connectivity index (χ2n) is 6.12. The Balaban J connectivity index is 1.61. The molecule has 0 bridgehead atoms. The van der Waals surface area contributed by atoms with Gasteiger partial charge < -0.3 is 19.6 Å². The van der Waals surface area contributed by atoms with E-state index in [0.29, 0.717) is 30.4 Å². The van der Waals surface area contributed by atoms with E-state index in [-0.39, 0.29) is 18.4 Å². The molecule has 25 heavy (non-hydrogen) atoms. The first-order valence-corrected chi connectivity index (χ1v) is 8.20. The highest BCUT2D eigenvalue weighted by molar-refractivity contribution is 5.97. The van der Waals surface area contributed by atoms with Crippen molar-refractivity contribution in [2.75, 3.05) is 25.5 Å². The second kappa shape index (κ2) is 7.33. The molecule has 3 rings (SSSR count). The molecule has 2 amide bonds. The molecule has 1 aliphatic rings. The number of anilines is 1. The van der Waals surface area contributed by atoms with Crippen LogP contribution in [0.15, 0.2) is 34.9 Å². The summed E-state index contributed by atoms with van der Waals surface area (Å²) in [5.41, 5.74) is 0.592. The summed E-state index contributed by atoms with van der Waals surface area (Å²) in [5, 5.41) is 6.58. The maximum atomic E-state index is 12.6. The Bertz CT molecular complexity index is 744. The zero-order chi connectivity index (χ0) is 17.8. The van der Waals surface area contributed by atoms with E-state index in [0.717, 1.165) is 6.42 Å². The van der Waals surface area contributed by atoms with Gasteiger partial charge >= 0.3 is 0 Å². The summed E-state index contributed by atoms with van der Waals surface area (Å²) in [7, 11) is 3.61. The summed E-state index contributed by atoms with van der Waals surface area (Å²) in [6, 6.07) is 8.54. The number of hydrogen-bond acceptors (Lipinski definition) is 6. The van der Waals surface area contributed by atoms with Gasteiger partial charge in [0.05, 0.1) is 6.54 Å². The second-order valence-corrected chi connectivity index (χ2v) is 6.12. The standard InChI is InChI=1S/C17H21N5O3/c1-21(2)17-19-14(25-20-17)11-18-15(23)13-9-6-10-22(13)16(24)12-7-4-3-5-8-12/h3-5,7-8,13H,6,9-11H2,1-2H3,(H,18,23)/t13-/m1/s1. The Morgan fingerprint density at radius 2 is 2.08 bits per heavy atom. The first-order valence-electron chi connectivity index (χ1n) is 8.20. The molecule has 2 heterocycles. The summed E-state index contributed by atoms with van der Waals surface area (Å²) in [6.45, 7) is 0.723. The predicted molar refractivity (Wildman–Crippen MR) is 91.0 cm³/mol. The Hall–Kier alpha value is -2.90. The van der Waals surface area contributed by atoms with Crippen LogP contribution in [-0.2, 0) is 11.3 Å². The lowest BCUT2D eigenvalue weighted by atomic mass is 10.1. The van der Waals surface area contributed by atoms with Gasteiger partial charge in [0.15, 0.2) is 0 Å². The van der Waals surface area contributed by atoms with Gasteiger partial charge in [-0.05, 0) is 30.1 Å². The number of likely N-dealkylation sites (tertiary alicyclic amines) is 1. The lowest BCUT2D eigenvalue weighted by Crippen LogP contribution is -2.45. The zero-order valence-electron chi connectivity index (χ0n) is 14.3. The molecular formula is C17H21N5O3. The number of rotatable bonds is 5. The molecule has 132 valence electrons. The van der Waals surface area contributed by atoms with Crippen LogP contribution in [0.4, 0.5) is 5.95 Å². The number of benzene rings is 1. The van der Waals surface area contributed by atoms with E-state index in [1.165, 1.54) is 0 Å². The van der Waals surface area contributed by atoms with E-state index >= 15 is 0 Å². The van der Waals surface area contributed by atoms with E-state index in [1.807, 2.05) is 18.2 Å². The van der Waals surface area contributed by atoms with E-state index in [2.05, 4.69) is 15.5 Å². The highest BCUT2D eigenvalue weighted by Crippen LogP contribution is 2.20. The summed E-state index contributed by atoms with van der Waals surface area (Å²) in [5.74, 6) is 0.458. The van der Waals surface area contributed by atoms with Gasteiger partial charge in [-0.2, -0.15) is 4.98 Å². The molecule has 1 saturated heterocycles. The third kappa shape index (κ3) is 3.78. The Labute approximate surface area is 145 Å². The number of aromatic nitrogens is 2. The molecule has 0 saturated carbocycles. The highest BCUT2D eigenvalue weighted by Gasteiger charge is 2.34. The van der Waals surface area contributed by atoms with Crippen molar-refractivity contribution in [2.45, 2.75) is 25.4 Å². The fraction of sp³-hybridized carbons (Fsp3) is 0.412. The molecule has 0 unspecified atom stereocenters. The molecule has 8 heteroatoms. The van der Waals surface area contributed by atoms with Crippen LogP contribution in [-0.4, -0.2) is 53.5 Å². The molecule has 1 atom stereocenters. The van der Waals surface area contributed by atoms with Gasteiger partial charge in [-0.3, -0.25) is 9.59 Å². The van der Waals surface area contributed by atoms with E-state index in [9.17, 15) is 9.59 Å². The molecule has 0 radical (unpaired) electrons. The minimum absolute atomic E-state index is 0.120. The summed E-state index contributed by atoms with van der Waals surface area (Å²) in [4.78, 5) is 32.6. The van der Waals surface area contributed by atoms with Crippen molar-refractivity contribution in [1.29, 1.82) is 0 Å². The first kappa shape index (κ1) is 16.9. The van der Waals surface area contributed by atoms with Gasteiger partial charge in [0, 0.05) is 26.2 Å². The molecule has 1 aromatic carbocycles. The van der Waals surface area contributed by atoms with E-state index < -0.39 is 6.04 Å². The van der Waals surface area contributed by atoms with Gasteiger partial charge in [-0.25, -0.2) is 0 Å². The van der Waals surface area contributed by atoms with Crippen molar-refractivity contribution >= 4 is 17.8 Å². The minimum atomic E-state index is -0.469. The average Bonchev–Trinajstić information content (AvgIpc) is 3.29. The maximum absolute atomic E-state index is 12.6. The van der Waals surface area contributed by atoms with Gasteiger partial charge in [-0.15, -0.1) is 0 Å². The number of amides is 2. The Morgan fingerprint density at radius 1 is 1.32 bits per heavy atom. The number of carbonyl (C=O) groups is 2. The van der Waals surface area contributed by atoms with Gasteiger partial charge in [0.1, 0.15) is 6.04 Å². The van der Waals surface area contributed by atoms with Crippen molar-refractivity contribution in [3.63, 3.8) is 0 Å².